The van der Waals surface area contributed by atoms with Crippen molar-refractivity contribution >= 4 is 10.8 Å². The maximum Gasteiger partial charge on any atom is 0.0424 e. The number of benzene rings is 3. The summed E-state index contributed by atoms with van der Waals surface area (Å²) in [5.74, 6) is 6.71. The van der Waals surface area contributed by atoms with Crippen molar-refractivity contribution in [3.05, 3.63) is 96.6 Å². The molecule has 0 bridgehead atoms. The average Bonchev–Trinajstić information content (AvgIpc) is 2.59. The summed E-state index contributed by atoms with van der Waals surface area (Å²) < 4.78 is 0. The summed E-state index contributed by atoms with van der Waals surface area (Å²) >= 11 is 0. The fraction of sp³-hybridized carbons (Fsp3) is 0.0909. The Balaban J connectivity index is 1.80. The first-order chi connectivity index (χ1) is 10.8. The van der Waals surface area contributed by atoms with Crippen LogP contribution in [0.2, 0.25) is 0 Å². The van der Waals surface area contributed by atoms with Gasteiger partial charge in [-0.25, -0.2) is 0 Å². The van der Waals surface area contributed by atoms with Crippen molar-refractivity contribution in [2.45, 2.75) is 6.42 Å². The van der Waals surface area contributed by atoms with Crippen LogP contribution in [0.5, 0.6) is 0 Å². The zero-order chi connectivity index (χ0) is 15.2. The lowest BCUT2D eigenvalue weighted by Gasteiger charge is -2.07. The van der Waals surface area contributed by atoms with E-state index in [9.17, 15) is 0 Å². The molecule has 0 aliphatic heterocycles. The zero-order valence-corrected chi connectivity index (χ0v) is 12.5. The first-order valence-electron chi connectivity index (χ1n) is 7.52. The summed E-state index contributed by atoms with van der Waals surface area (Å²) in [6.45, 7) is 3.93. The standard InChI is InChI=1S/C22H18/c1-2-18(12-13-19-8-4-3-5-9-19)16-20-14-15-21-10-6-7-11-22(21)17-20/h2-11,14-15,17-18H,1,16H2. The van der Waals surface area contributed by atoms with Crippen molar-refractivity contribution < 1.29 is 0 Å². The normalized spacial score (nSPS) is 11.5. The summed E-state index contributed by atoms with van der Waals surface area (Å²) in [6.07, 6.45) is 2.83. The lowest BCUT2D eigenvalue weighted by Crippen LogP contribution is -1.98. The molecule has 0 amide bonds. The first-order valence-corrected chi connectivity index (χ1v) is 7.52. The van der Waals surface area contributed by atoms with Crippen LogP contribution in [-0.2, 0) is 6.42 Å². The van der Waals surface area contributed by atoms with Crippen LogP contribution >= 0.6 is 0 Å². The molecule has 0 saturated heterocycles. The average molecular weight is 282 g/mol. The molecule has 0 nitrogen and oxygen atoms in total. The van der Waals surface area contributed by atoms with Crippen molar-refractivity contribution in [1.29, 1.82) is 0 Å². The SMILES string of the molecule is C=CC(C#Cc1ccccc1)Cc1ccc2ccccc2c1. The largest absolute Gasteiger partial charge is 0.102 e. The Hall–Kier alpha value is -2.78. The molecule has 22 heavy (non-hydrogen) atoms. The number of hydrogen-bond acceptors (Lipinski definition) is 0. The van der Waals surface area contributed by atoms with Gasteiger partial charge in [-0.15, -0.1) is 6.58 Å². The Morgan fingerprint density at radius 1 is 0.864 bits per heavy atom. The van der Waals surface area contributed by atoms with Gasteiger partial charge < -0.3 is 0 Å². The van der Waals surface area contributed by atoms with Gasteiger partial charge in [0.1, 0.15) is 0 Å². The van der Waals surface area contributed by atoms with E-state index in [0.29, 0.717) is 0 Å². The lowest BCUT2D eigenvalue weighted by atomic mass is 9.97. The highest BCUT2D eigenvalue weighted by atomic mass is 14.1. The predicted octanol–water partition coefficient (Wildman–Crippen LogP) is 5.24. The smallest absolute Gasteiger partial charge is 0.0424 e. The Morgan fingerprint density at radius 3 is 2.36 bits per heavy atom. The Labute approximate surface area is 132 Å². The van der Waals surface area contributed by atoms with Crippen molar-refractivity contribution in [1.82, 2.24) is 0 Å². The van der Waals surface area contributed by atoms with Crippen molar-refractivity contribution in [2.75, 3.05) is 0 Å². The van der Waals surface area contributed by atoms with Gasteiger partial charge in [-0.2, -0.15) is 0 Å². The van der Waals surface area contributed by atoms with Crippen LogP contribution in [0.4, 0.5) is 0 Å². The monoisotopic (exact) mass is 282 g/mol. The topological polar surface area (TPSA) is 0 Å². The van der Waals surface area contributed by atoms with E-state index in [1.165, 1.54) is 16.3 Å². The van der Waals surface area contributed by atoms with Crippen LogP contribution in [0, 0.1) is 17.8 Å². The third-order valence-electron chi connectivity index (χ3n) is 3.73. The minimum atomic E-state index is 0.168. The molecule has 3 aromatic carbocycles. The predicted molar refractivity (Wildman–Crippen MR) is 94.7 cm³/mol. The summed E-state index contributed by atoms with van der Waals surface area (Å²) in [6, 6.07) is 25.1. The first kappa shape index (κ1) is 14.2. The van der Waals surface area contributed by atoms with Crippen molar-refractivity contribution in [3.8, 4) is 11.8 Å². The van der Waals surface area contributed by atoms with Crippen LogP contribution in [0.25, 0.3) is 10.8 Å². The molecule has 1 atom stereocenters. The molecule has 0 aromatic heterocycles. The van der Waals surface area contributed by atoms with Gasteiger partial charge in [0.05, 0.1) is 0 Å². The minimum absolute atomic E-state index is 0.168. The lowest BCUT2D eigenvalue weighted by molar-refractivity contribution is 0.836. The minimum Gasteiger partial charge on any atom is -0.102 e. The highest BCUT2D eigenvalue weighted by Crippen LogP contribution is 2.18. The fourth-order valence-corrected chi connectivity index (χ4v) is 2.51. The van der Waals surface area contributed by atoms with Gasteiger partial charge in [-0.05, 0) is 34.9 Å². The Kier molecular flexibility index (Phi) is 4.37. The molecule has 0 N–H and O–H groups in total. The molecule has 0 fully saturated rings. The van der Waals surface area contributed by atoms with Crippen molar-refractivity contribution in [3.63, 3.8) is 0 Å². The Morgan fingerprint density at radius 2 is 1.59 bits per heavy atom. The summed E-state index contributed by atoms with van der Waals surface area (Å²) in [7, 11) is 0. The van der Waals surface area contributed by atoms with Crippen LogP contribution in [-0.4, -0.2) is 0 Å². The molecule has 0 heteroatoms. The highest BCUT2D eigenvalue weighted by molar-refractivity contribution is 5.83. The zero-order valence-electron chi connectivity index (χ0n) is 12.5. The number of allylic oxidation sites excluding steroid dienone is 1. The second kappa shape index (κ2) is 6.78. The molecule has 3 aromatic rings. The molecular weight excluding hydrogens is 264 g/mol. The van der Waals surface area contributed by atoms with Crippen LogP contribution in [0.3, 0.4) is 0 Å². The number of fused-ring (bicyclic) bond motifs is 1. The Bertz CT molecular complexity index is 832. The van der Waals surface area contributed by atoms with Crippen LogP contribution in [0.1, 0.15) is 11.1 Å². The van der Waals surface area contributed by atoms with Crippen molar-refractivity contribution in [2.24, 2.45) is 5.92 Å². The quantitative estimate of drug-likeness (QED) is 0.455. The molecule has 0 aliphatic carbocycles. The maximum absolute atomic E-state index is 3.93. The van der Waals surface area contributed by atoms with E-state index < -0.39 is 0 Å². The molecule has 0 spiro atoms. The molecule has 0 saturated carbocycles. The van der Waals surface area contributed by atoms with Gasteiger partial charge in [0.15, 0.2) is 0 Å². The number of rotatable bonds is 3. The van der Waals surface area contributed by atoms with Gasteiger partial charge in [0.2, 0.25) is 0 Å². The van der Waals surface area contributed by atoms with E-state index in [0.717, 1.165) is 12.0 Å². The van der Waals surface area contributed by atoms with Crippen LogP contribution in [0.15, 0.2) is 85.5 Å². The molecule has 1 unspecified atom stereocenters. The van der Waals surface area contributed by atoms with Gasteiger partial charge in [0.25, 0.3) is 0 Å². The van der Waals surface area contributed by atoms with E-state index in [1.807, 2.05) is 36.4 Å². The van der Waals surface area contributed by atoms with Gasteiger partial charge in [-0.3, -0.25) is 0 Å². The van der Waals surface area contributed by atoms with E-state index in [1.54, 1.807) is 0 Å². The third-order valence-corrected chi connectivity index (χ3v) is 3.73. The molecule has 0 aliphatic rings. The summed E-state index contributed by atoms with van der Waals surface area (Å²) in [5.41, 5.74) is 2.35. The second-order valence-corrected chi connectivity index (χ2v) is 5.36. The molecule has 106 valence electrons. The number of hydrogen-bond donors (Lipinski definition) is 0. The molecular formula is C22H18. The van der Waals surface area contributed by atoms with E-state index in [-0.39, 0.29) is 5.92 Å². The highest BCUT2D eigenvalue weighted by Gasteiger charge is 2.03. The van der Waals surface area contributed by atoms with Gasteiger partial charge >= 0.3 is 0 Å². The van der Waals surface area contributed by atoms with Gasteiger partial charge in [0, 0.05) is 11.5 Å². The van der Waals surface area contributed by atoms with Crippen LogP contribution < -0.4 is 0 Å². The maximum atomic E-state index is 3.93. The van der Waals surface area contributed by atoms with Gasteiger partial charge in [-0.1, -0.05) is 78.6 Å². The van der Waals surface area contributed by atoms with E-state index in [4.69, 9.17) is 0 Å². The summed E-state index contributed by atoms with van der Waals surface area (Å²) in [4.78, 5) is 0. The van der Waals surface area contributed by atoms with E-state index in [2.05, 4.69) is 60.9 Å². The molecule has 3 rings (SSSR count). The third kappa shape index (κ3) is 3.45. The van der Waals surface area contributed by atoms with E-state index >= 15 is 0 Å². The second-order valence-electron chi connectivity index (χ2n) is 5.36. The molecule has 0 heterocycles. The molecule has 0 radical (unpaired) electrons. The summed E-state index contributed by atoms with van der Waals surface area (Å²) in [5, 5.41) is 2.55. The fourth-order valence-electron chi connectivity index (χ4n) is 2.51.